The standard InChI is InChI=1S/C18H25N3O3S/c1-5-21(10-11-25-14-8-6-13(2)7-9-14)16(22)12-15-17(23)20(4)18(24)19(15)3/h6-9,15H,5,10-12H2,1-4H3/t15-/m1/s1. The first-order chi connectivity index (χ1) is 11.8. The number of carbonyl (C=O) groups is 3. The summed E-state index contributed by atoms with van der Waals surface area (Å²) in [6, 6.07) is 7.24. The van der Waals surface area contributed by atoms with E-state index in [9.17, 15) is 14.4 Å². The number of likely N-dealkylation sites (N-methyl/N-ethyl adjacent to an activating group) is 2. The normalized spacial score (nSPS) is 17.4. The van der Waals surface area contributed by atoms with Crippen molar-refractivity contribution in [2.75, 3.05) is 32.9 Å². The molecular formula is C18H25N3O3S. The van der Waals surface area contributed by atoms with Gasteiger partial charge in [-0.2, -0.15) is 0 Å². The maximum atomic E-state index is 12.5. The van der Waals surface area contributed by atoms with Gasteiger partial charge >= 0.3 is 6.03 Å². The number of benzene rings is 1. The molecule has 1 aromatic carbocycles. The largest absolute Gasteiger partial charge is 0.342 e. The van der Waals surface area contributed by atoms with Gasteiger partial charge in [-0.3, -0.25) is 14.5 Å². The van der Waals surface area contributed by atoms with Crippen molar-refractivity contribution >= 4 is 29.6 Å². The summed E-state index contributed by atoms with van der Waals surface area (Å²) in [5.74, 6) is 0.377. The van der Waals surface area contributed by atoms with Crippen LogP contribution in [0.25, 0.3) is 0 Å². The van der Waals surface area contributed by atoms with E-state index in [1.54, 1.807) is 23.7 Å². The van der Waals surface area contributed by atoms with Crippen LogP contribution in [0, 0.1) is 6.92 Å². The number of hydrogen-bond donors (Lipinski definition) is 0. The van der Waals surface area contributed by atoms with Crippen LogP contribution < -0.4 is 0 Å². The maximum Gasteiger partial charge on any atom is 0.326 e. The highest BCUT2D eigenvalue weighted by atomic mass is 32.2. The second kappa shape index (κ2) is 8.38. The molecular weight excluding hydrogens is 338 g/mol. The van der Waals surface area contributed by atoms with E-state index in [0.717, 1.165) is 10.7 Å². The van der Waals surface area contributed by atoms with Crippen LogP contribution in [0.15, 0.2) is 29.2 Å². The van der Waals surface area contributed by atoms with E-state index in [1.165, 1.54) is 22.4 Å². The molecule has 1 aliphatic rings. The SMILES string of the molecule is CCN(CCSc1ccc(C)cc1)C(=O)C[C@@H]1C(=O)N(C)C(=O)N1C. The summed E-state index contributed by atoms with van der Waals surface area (Å²) in [5, 5.41) is 0. The van der Waals surface area contributed by atoms with E-state index >= 15 is 0 Å². The van der Waals surface area contributed by atoms with Gasteiger partial charge in [0.05, 0.1) is 6.42 Å². The number of nitrogens with zero attached hydrogens (tertiary/aromatic N) is 3. The molecule has 0 bridgehead atoms. The molecule has 1 aromatic rings. The van der Waals surface area contributed by atoms with Crippen LogP contribution in [0.4, 0.5) is 4.79 Å². The van der Waals surface area contributed by atoms with Gasteiger partial charge in [0.25, 0.3) is 5.91 Å². The van der Waals surface area contributed by atoms with Crippen molar-refractivity contribution in [2.24, 2.45) is 0 Å². The first kappa shape index (κ1) is 19.3. The summed E-state index contributed by atoms with van der Waals surface area (Å²) < 4.78 is 0. The lowest BCUT2D eigenvalue weighted by Gasteiger charge is -2.23. The molecule has 1 fully saturated rings. The Labute approximate surface area is 153 Å². The Morgan fingerprint density at radius 1 is 1.20 bits per heavy atom. The number of rotatable bonds is 7. The molecule has 25 heavy (non-hydrogen) atoms. The summed E-state index contributed by atoms with van der Waals surface area (Å²) in [6.07, 6.45) is 0.0362. The van der Waals surface area contributed by atoms with Crippen molar-refractivity contribution in [1.29, 1.82) is 0 Å². The van der Waals surface area contributed by atoms with E-state index in [2.05, 4.69) is 31.2 Å². The maximum absolute atomic E-state index is 12.5. The monoisotopic (exact) mass is 363 g/mol. The highest BCUT2D eigenvalue weighted by Gasteiger charge is 2.42. The van der Waals surface area contributed by atoms with Crippen LogP contribution in [0.3, 0.4) is 0 Å². The second-order valence-corrected chi connectivity index (χ2v) is 7.31. The fourth-order valence-electron chi connectivity index (χ4n) is 2.74. The lowest BCUT2D eigenvalue weighted by atomic mass is 10.1. The molecule has 136 valence electrons. The van der Waals surface area contributed by atoms with Crippen LogP contribution in [-0.2, 0) is 9.59 Å². The molecule has 6 nitrogen and oxygen atoms in total. The van der Waals surface area contributed by atoms with Crippen LogP contribution in [0.1, 0.15) is 18.9 Å². The predicted octanol–water partition coefficient (Wildman–Crippen LogP) is 2.22. The van der Waals surface area contributed by atoms with Gasteiger partial charge in [-0.1, -0.05) is 17.7 Å². The van der Waals surface area contributed by atoms with Gasteiger partial charge in [0.2, 0.25) is 5.91 Å². The van der Waals surface area contributed by atoms with Crippen molar-refractivity contribution in [3.05, 3.63) is 29.8 Å². The van der Waals surface area contributed by atoms with Crippen LogP contribution in [0.5, 0.6) is 0 Å². The minimum Gasteiger partial charge on any atom is -0.342 e. The topological polar surface area (TPSA) is 60.9 Å². The molecule has 0 saturated carbocycles. The van der Waals surface area contributed by atoms with Crippen molar-refractivity contribution in [1.82, 2.24) is 14.7 Å². The Balaban J connectivity index is 1.87. The first-order valence-electron chi connectivity index (χ1n) is 8.36. The summed E-state index contributed by atoms with van der Waals surface area (Å²) >= 11 is 1.70. The van der Waals surface area contributed by atoms with E-state index in [-0.39, 0.29) is 24.3 Å². The van der Waals surface area contributed by atoms with Gasteiger partial charge < -0.3 is 9.80 Å². The third-order valence-corrected chi connectivity index (χ3v) is 5.42. The van der Waals surface area contributed by atoms with Crippen LogP contribution in [0.2, 0.25) is 0 Å². The Hall–Kier alpha value is -2.02. The van der Waals surface area contributed by atoms with Crippen molar-refractivity contribution < 1.29 is 14.4 Å². The second-order valence-electron chi connectivity index (χ2n) is 6.15. The van der Waals surface area contributed by atoms with Gasteiger partial charge in [0, 0.05) is 37.8 Å². The van der Waals surface area contributed by atoms with E-state index in [1.807, 2.05) is 6.92 Å². The highest BCUT2D eigenvalue weighted by molar-refractivity contribution is 7.99. The zero-order valence-electron chi connectivity index (χ0n) is 15.2. The minimum atomic E-state index is -0.691. The zero-order valence-corrected chi connectivity index (χ0v) is 16.0. The third kappa shape index (κ3) is 4.54. The quantitative estimate of drug-likeness (QED) is 0.550. The summed E-state index contributed by atoms with van der Waals surface area (Å²) in [7, 11) is 3.01. The van der Waals surface area contributed by atoms with Crippen LogP contribution in [-0.4, -0.2) is 71.5 Å². The fraction of sp³-hybridized carbons (Fsp3) is 0.500. The molecule has 4 amide bonds. The Morgan fingerprint density at radius 3 is 2.36 bits per heavy atom. The van der Waals surface area contributed by atoms with Crippen molar-refractivity contribution in [2.45, 2.75) is 31.2 Å². The molecule has 1 heterocycles. The van der Waals surface area contributed by atoms with E-state index < -0.39 is 6.04 Å². The molecule has 0 radical (unpaired) electrons. The molecule has 0 spiro atoms. The molecule has 0 N–H and O–H groups in total. The lowest BCUT2D eigenvalue weighted by molar-refractivity contribution is -0.136. The summed E-state index contributed by atoms with van der Waals surface area (Å²) in [4.78, 5) is 41.7. The number of hydrogen-bond acceptors (Lipinski definition) is 4. The zero-order chi connectivity index (χ0) is 18.6. The molecule has 0 aliphatic carbocycles. The molecule has 1 atom stereocenters. The summed E-state index contributed by atoms with van der Waals surface area (Å²) in [6.45, 7) is 5.17. The van der Waals surface area contributed by atoms with Gasteiger partial charge in [0.15, 0.2) is 0 Å². The average molecular weight is 363 g/mol. The lowest BCUT2D eigenvalue weighted by Crippen LogP contribution is -2.40. The number of imide groups is 1. The smallest absolute Gasteiger partial charge is 0.326 e. The van der Waals surface area contributed by atoms with E-state index in [4.69, 9.17) is 0 Å². The number of thioether (sulfide) groups is 1. The van der Waals surface area contributed by atoms with Gasteiger partial charge in [0.1, 0.15) is 6.04 Å². The summed E-state index contributed by atoms with van der Waals surface area (Å²) in [5.41, 5.74) is 1.22. The molecule has 7 heteroatoms. The predicted molar refractivity (Wildman–Crippen MR) is 98.5 cm³/mol. The Morgan fingerprint density at radius 2 is 1.84 bits per heavy atom. The van der Waals surface area contributed by atoms with Gasteiger partial charge in [-0.05, 0) is 26.0 Å². The minimum absolute atomic E-state index is 0.0362. The average Bonchev–Trinajstić information content (AvgIpc) is 2.78. The number of carbonyl (C=O) groups excluding carboxylic acids is 3. The Bertz CT molecular complexity index is 647. The van der Waals surface area contributed by atoms with Crippen molar-refractivity contribution in [3.8, 4) is 0 Å². The Kier molecular flexibility index (Phi) is 6.47. The molecule has 2 rings (SSSR count). The molecule has 1 aliphatic heterocycles. The number of urea groups is 1. The highest BCUT2D eigenvalue weighted by Crippen LogP contribution is 2.20. The van der Waals surface area contributed by atoms with Crippen molar-refractivity contribution in [3.63, 3.8) is 0 Å². The number of aryl methyl sites for hydroxylation is 1. The van der Waals surface area contributed by atoms with E-state index in [0.29, 0.717) is 13.1 Å². The fourth-order valence-corrected chi connectivity index (χ4v) is 3.62. The van der Waals surface area contributed by atoms with Gasteiger partial charge in [-0.25, -0.2) is 4.79 Å². The first-order valence-corrected chi connectivity index (χ1v) is 9.35. The molecule has 1 saturated heterocycles. The number of amides is 4. The third-order valence-electron chi connectivity index (χ3n) is 4.43. The molecule has 0 aromatic heterocycles. The van der Waals surface area contributed by atoms with Gasteiger partial charge in [-0.15, -0.1) is 11.8 Å². The van der Waals surface area contributed by atoms with Crippen LogP contribution >= 0.6 is 11.8 Å². The molecule has 0 unspecified atom stereocenters.